The topological polar surface area (TPSA) is 42.0 Å². The first-order valence-electron chi connectivity index (χ1n) is 8.39. The molecule has 3 rings (SSSR count). The number of hydrogen-bond donors (Lipinski definition) is 0. The highest BCUT2D eigenvalue weighted by Crippen LogP contribution is 2.28. The predicted octanol–water partition coefficient (Wildman–Crippen LogP) is 2.52. The van der Waals surface area contributed by atoms with Crippen LogP contribution in [0.1, 0.15) is 29.7 Å². The first-order chi connectivity index (χ1) is 11.0. The van der Waals surface area contributed by atoms with Crippen molar-refractivity contribution in [2.45, 2.75) is 32.9 Å². The first-order valence-corrected chi connectivity index (χ1v) is 8.39. The SMILES string of the molecule is Cc1ccc(C)c([C@@H]2CN(CCN3CCOC3=O)[C@@H](C)CO2)c1. The van der Waals surface area contributed by atoms with Gasteiger partial charge in [0, 0.05) is 25.7 Å². The fourth-order valence-electron chi connectivity index (χ4n) is 3.29. The predicted molar refractivity (Wildman–Crippen MR) is 88.6 cm³/mol. The molecule has 126 valence electrons. The molecule has 0 unspecified atom stereocenters. The minimum Gasteiger partial charge on any atom is -0.448 e. The van der Waals surface area contributed by atoms with Crippen LogP contribution in [-0.4, -0.2) is 61.3 Å². The van der Waals surface area contributed by atoms with E-state index in [1.807, 2.05) is 0 Å². The number of amides is 1. The van der Waals surface area contributed by atoms with Crippen LogP contribution < -0.4 is 0 Å². The van der Waals surface area contributed by atoms with E-state index in [0.29, 0.717) is 19.2 Å². The molecule has 0 N–H and O–H groups in total. The van der Waals surface area contributed by atoms with Crippen molar-refractivity contribution in [1.82, 2.24) is 9.80 Å². The standard InChI is InChI=1S/C18H26N2O3/c1-13-4-5-14(2)16(10-13)17-11-20(15(3)12-23-17)7-6-19-8-9-22-18(19)21/h4-5,10,15,17H,6-9,11-12H2,1-3H3/t15-,17-/m0/s1. The molecule has 2 aliphatic heterocycles. The maximum absolute atomic E-state index is 11.6. The maximum atomic E-state index is 11.6. The van der Waals surface area contributed by atoms with Crippen molar-refractivity contribution in [2.24, 2.45) is 0 Å². The van der Waals surface area contributed by atoms with E-state index in [-0.39, 0.29) is 12.2 Å². The van der Waals surface area contributed by atoms with E-state index in [4.69, 9.17) is 9.47 Å². The first kappa shape index (κ1) is 16.3. The molecule has 5 nitrogen and oxygen atoms in total. The van der Waals surface area contributed by atoms with Crippen LogP contribution in [0.5, 0.6) is 0 Å². The average Bonchev–Trinajstić information content (AvgIpc) is 2.94. The van der Waals surface area contributed by atoms with E-state index in [1.54, 1.807) is 4.90 Å². The number of cyclic esters (lactones) is 1. The van der Waals surface area contributed by atoms with Crippen molar-refractivity contribution in [3.05, 3.63) is 34.9 Å². The summed E-state index contributed by atoms with van der Waals surface area (Å²) in [6.45, 7) is 10.8. The number of carbonyl (C=O) groups excluding carboxylic acids is 1. The average molecular weight is 318 g/mol. The zero-order valence-corrected chi connectivity index (χ0v) is 14.2. The van der Waals surface area contributed by atoms with Crippen molar-refractivity contribution >= 4 is 6.09 Å². The zero-order valence-electron chi connectivity index (χ0n) is 14.2. The van der Waals surface area contributed by atoms with Gasteiger partial charge >= 0.3 is 6.09 Å². The highest BCUT2D eigenvalue weighted by molar-refractivity contribution is 5.69. The number of nitrogens with zero attached hydrogens (tertiary/aromatic N) is 2. The lowest BCUT2D eigenvalue weighted by atomic mass is 9.99. The molecule has 2 atom stereocenters. The summed E-state index contributed by atoms with van der Waals surface area (Å²) in [5.74, 6) is 0. The summed E-state index contributed by atoms with van der Waals surface area (Å²) in [6.07, 6.45) is -0.0754. The van der Waals surface area contributed by atoms with Gasteiger partial charge in [-0.05, 0) is 31.9 Å². The Hall–Kier alpha value is -1.59. The molecule has 2 saturated heterocycles. The molecule has 23 heavy (non-hydrogen) atoms. The van der Waals surface area contributed by atoms with E-state index in [9.17, 15) is 4.79 Å². The van der Waals surface area contributed by atoms with Crippen LogP contribution in [0.4, 0.5) is 4.79 Å². The van der Waals surface area contributed by atoms with Gasteiger partial charge in [-0.1, -0.05) is 23.8 Å². The lowest BCUT2D eigenvalue weighted by Crippen LogP contribution is -2.48. The Kier molecular flexibility index (Phi) is 4.87. The fraction of sp³-hybridized carbons (Fsp3) is 0.611. The summed E-state index contributed by atoms with van der Waals surface area (Å²) < 4.78 is 11.1. The third kappa shape index (κ3) is 3.67. The molecule has 2 aliphatic rings. The van der Waals surface area contributed by atoms with E-state index in [1.165, 1.54) is 16.7 Å². The summed E-state index contributed by atoms with van der Waals surface area (Å²) in [7, 11) is 0. The third-order valence-electron chi connectivity index (χ3n) is 4.85. The number of hydrogen-bond acceptors (Lipinski definition) is 4. The molecule has 0 saturated carbocycles. The second-order valence-corrected chi connectivity index (χ2v) is 6.63. The van der Waals surface area contributed by atoms with Gasteiger partial charge in [-0.3, -0.25) is 4.90 Å². The molecule has 5 heteroatoms. The number of rotatable bonds is 4. The smallest absolute Gasteiger partial charge is 0.409 e. The van der Waals surface area contributed by atoms with Gasteiger partial charge in [-0.2, -0.15) is 0 Å². The van der Waals surface area contributed by atoms with E-state index in [2.05, 4.69) is 43.9 Å². The molecule has 1 aromatic rings. The van der Waals surface area contributed by atoms with Crippen LogP contribution in [0.2, 0.25) is 0 Å². The summed E-state index contributed by atoms with van der Waals surface area (Å²) in [6, 6.07) is 6.90. The van der Waals surface area contributed by atoms with E-state index < -0.39 is 0 Å². The fourth-order valence-corrected chi connectivity index (χ4v) is 3.29. The quantitative estimate of drug-likeness (QED) is 0.855. The van der Waals surface area contributed by atoms with Crippen LogP contribution in [0.3, 0.4) is 0 Å². The summed E-state index contributed by atoms with van der Waals surface area (Å²) in [5.41, 5.74) is 3.82. The van der Waals surface area contributed by atoms with Gasteiger partial charge < -0.3 is 14.4 Å². The number of carbonyl (C=O) groups is 1. The van der Waals surface area contributed by atoms with E-state index >= 15 is 0 Å². The Labute approximate surface area is 138 Å². The van der Waals surface area contributed by atoms with Gasteiger partial charge in [-0.15, -0.1) is 0 Å². The van der Waals surface area contributed by atoms with Gasteiger partial charge in [0.1, 0.15) is 6.61 Å². The van der Waals surface area contributed by atoms with Gasteiger partial charge in [-0.25, -0.2) is 4.79 Å². The van der Waals surface area contributed by atoms with Gasteiger partial charge in [0.05, 0.1) is 19.3 Å². The molecular weight excluding hydrogens is 292 g/mol. The van der Waals surface area contributed by atoms with Crippen molar-refractivity contribution in [3.63, 3.8) is 0 Å². The highest BCUT2D eigenvalue weighted by atomic mass is 16.6. The molecule has 0 radical (unpaired) electrons. The van der Waals surface area contributed by atoms with Crippen LogP contribution in [0.15, 0.2) is 18.2 Å². The zero-order chi connectivity index (χ0) is 16.4. The van der Waals surface area contributed by atoms with Crippen LogP contribution >= 0.6 is 0 Å². The minimum absolute atomic E-state index is 0.108. The Balaban J connectivity index is 1.64. The van der Waals surface area contributed by atoms with E-state index in [0.717, 1.165) is 26.2 Å². The molecule has 1 aromatic carbocycles. The van der Waals surface area contributed by atoms with Crippen molar-refractivity contribution in [1.29, 1.82) is 0 Å². The Morgan fingerprint density at radius 2 is 2.09 bits per heavy atom. The summed E-state index contributed by atoms with van der Waals surface area (Å²) >= 11 is 0. The Morgan fingerprint density at radius 3 is 2.83 bits per heavy atom. The second kappa shape index (κ2) is 6.89. The molecule has 0 bridgehead atoms. The van der Waals surface area contributed by atoms with Crippen LogP contribution in [0.25, 0.3) is 0 Å². The van der Waals surface area contributed by atoms with Crippen LogP contribution in [0, 0.1) is 13.8 Å². The Bertz CT molecular complexity index is 575. The monoisotopic (exact) mass is 318 g/mol. The summed E-state index contributed by atoms with van der Waals surface area (Å²) in [4.78, 5) is 15.8. The second-order valence-electron chi connectivity index (χ2n) is 6.63. The molecule has 1 amide bonds. The lowest BCUT2D eigenvalue weighted by molar-refractivity contribution is -0.0611. The van der Waals surface area contributed by atoms with Crippen molar-refractivity contribution < 1.29 is 14.3 Å². The molecule has 0 aliphatic carbocycles. The van der Waals surface area contributed by atoms with Gasteiger partial charge in [0.15, 0.2) is 0 Å². The molecular formula is C18H26N2O3. The maximum Gasteiger partial charge on any atom is 0.409 e. The number of morpholine rings is 1. The largest absolute Gasteiger partial charge is 0.448 e. The van der Waals surface area contributed by atoms with Gasteiger partial charge in [0.25, 0.3) is 0 Å². The molecule has 2 heterocycles. The number of aryl methyl sites for hydroxylation is 2. The normalized spacial score (nSPS) is 25.7. The lowest BCUT2D eigenvalue weighted by Gasteiger charge is -2.39. The summed E-state index contributed by atoms with van der Waals surface area (Å²) in [5, 5.41) is 0. The number of benzene rings is 1. The number of ether oxygens (including phenoxy) is 2. The van der Waals surface area contributed by atoms with Crippen molar-refractivity contribution in [3.8, 4) is 0 Å². The molecule has 0 spiro atoms. The highest BCUT2D eigenvalue weighted by Gasteiger charge is 2.29. The Morgan fingerprint density at radius 1 is 1.26 bits per heavy atom. The minimum atomic E-state index is -0.183. The van der Waals surface area contributed by atoms with Crippen LogP contribution in [-0.2, 0) is 9.47 Å². The van der Waals surface area contributed by atoms with Gasteiger partial charge in [0.2, 0.25) is 0 Å². The third-order valence-corrected chi connectivity index (χ3v) is 4.85. The molecule has 2 fully saturated rings. The molecule has 0 aromatic heterocycles. The van der Waals surface area contributed by atoms with Crippen molar-refractivity contribution in [2.75, 3.05) is 39.4 Å².